The Hall–Kier alpha value is -2.62. The van der Waals surface area contributed by atoms with Gasteiger partial charge in [-0.2, -0.15) is 4.72 Å². The molecule has 9 heteroatoms. The highest BCUT2D eigenvalue weighted by atomic mass is 32.2. The number of hydrogen-bond acceptors (Lipinski definition) is 6. The van der Waals surface area contributed by atoms with Crippen LogP contribution in [0.5, 0.6) is 0 Å². The topological polar surface area (TPSA) is 101 Å². The molecule has 1 amide bonds. The Morgan fingerprint density at radius 2 is 1.83 bits per heavy atom. The van der Waals surface area contributed by atoms with E-state index in [4.69, 9.17) is 0 Å². The van der Waals surface area contributed by atoms with E-state index >= 15 is 0 Å². The number of aryl methyl sites for hydroxylation is 2. The Morgan fingerprint density at radius 3 is 2.48 bits per heavy atom. The fraction of sp³-hybridized carbons (Fsp3) is 0.250. The van der Waals surface area contributed by atoms with Crippen LogP contribution < -0.4 is 10.0 Å². The van der Waals surface area contributed by atoms with Gasteiger partial charge in [0.15, 0.2) is 0 Å². The van der Waals surface area contributed by atoms with Crippen molar-refractivity contribution in [2.24, 2.45) is 0 Å². The minimum Gasteiger partial charge on any atom is -0.301 e. The van der Waals surface area contributed by atoms with Crippen molar-refractivity contribution in [1.82, 2.24) is 14.9 Å². The van der Waals surface area contributed by atoms with Gasteiger partial charge in [-0.1, -0.05) is 72.4 Å². The molecule has 0 saturated heterocycles. The summed E-state index contributed by atoms with van der Waals surface area (Å²) in [5.41, 5.74) is 3.75. The molecule has 1 unspecified atom stereocenters. The number of sulfonamides is 1. The molecule has 7 nitrogen and oxygen atoms in total. The molecule has 0 fully saturated rings. The molecule has 3 aromatic rings. The van der Waals surface area contributed by atoms with Crippen molar-refractivity contribution in [2.75, 3.05) is 5.32 Å². The predicted molar refractivity (Wildman–Crippen MR) is 113 cm³/mol. The Balaban J connectivity index is 1.96. The number of carbonyl (C=O) groups excluding carboxylic acids is 1. The summed E-state index contributed by atoms with van der Waals surface area (Å²) in [5.74, 6) is -0.254. The lowest BCUT2D eigenvalue weighted by Crippen LogP contribution is -2.30. The van der Waals surface area contributed by atoms with E-state index in [1.165, 1.54) is 0 Å². The number of benzene rings is 2. The first-order valence-corrected chi connectivity index (χ1v) is 11.4. The van der Waals surface area contributed by atoms with Gasteiger partial charge in [0.05, 0.1) is 6.04 Å². The van der Waals surface area contributed by atoms with Crippen molar-refractivity contribution in [1.29, 1.82) is 0 Å². The summed E-state index contributed by atoms with van der Waals surface area (Å²) in [6, 6.07) is 14.7. The number of anilines is 1. The molecule has 3 rings (SSSR count). The Labute approximate surface area is 174 Å². The maximum Gasteiger partial charge on any atom is 0.270 e. The first-order valence-electron chi connectivity index (χ1n) is 9.08. The van der Waals surface area contributed by atoms with E-state index in [-0.39, 0.29) is 21.8 Å². The van der Waals surface area contributed by atoms with Gasteiger partial charge in [-0.15, -0.1) is 10.2 Å². The third-order valence-corrected chi connectivity index (χ3v) is 6.98. The van der Waals surface area contributed by atoms with Crippen LogP contribution in [-0.4, -0.2) is 24.5 Å². The number of amides is 1. The minimum atomic E-state index is -3.96. The fourth-order valence-electron chi connectivity index (χ4n) is 2.89. The molecule has 29 heavy (non-hydrogen) atoms. The number of hydrogen-bond donors (Lipinski definition) is 2. The highest BCUT2D eigenvalue weighted by molar-refractivity contribution is 7.91. The SMILES string of the molecule is CCC(=O)Nc1nnc(S(=O)(=O)NC(c2ccccc2)c2ccc(C)cc2C)s1. The summed E-state index contributed by atoms with van der Waals surface area (Å²) in [6.45, 7) is 5.64. The summed E-state index contributed by atoms with van der Waals surface area (Å²) in [6.07, 6.45) is 0.267. The van der Waals surface area contributed by atoms with E-state index in [2.05, 4.69) is 20.2 Å². The molecule has 152 valence electrons. The van der Waals surface area contributed by atoms with E-state index in [1.54, 1.807) is 6.92 Å². The lowest BCUT2D eigenvalue weighted by atomic mass is 9.95. The van der Waals surface area contributed by atoms with Gasteiger partial charge in [-0.05, 0) is 30.5 Å². The van der Waals surface area contributed by atoms with Crippen molar-refractivity contribution in [3.05, 3.63) is 70.8 Å². The van der Waals surface area contributed by atoms with Crippen LogP contribution in [-0.2, 0) is 14.8 Å². The molecule has 0 aliphatic rings. The van der Waals surface area contributed by atoms with Gasteiger partial charge in [-0.25, -0.2) is 8.42 Å². The van der Waals surface area contributed by atoms with Crippen LogP contribution >= 0.6 is 11.3 Å². The molecule has 2 N–H and O–H groups in total. The maximum absolute atomic E-state index is 13.0. The van der Waals surface area contributed by atoms with E-state index in [0.717, 1.165) is 33.6 Å². The summed E-state index contributed by atoms with van der Waals surface area (Å²) in [7, 11) is -3.96. The first-order chi connectivity index (χ1) is 13.8. The second kappa shape index (κ2) is 8.81. The largest absolute Gasteiger partial charge is 0.301 e. The first kappa shape index (κ1) is 21.1. The molecule has 1 aromatic heterocycles. The van der Waals surface area contributed by atoms with E-state index in [9.17, 15) is 13.2 Å². The molecule has 0 radical (unpaired) electrons. The van der Waals surface area contributed by atoms with Crippen LogP contribution in [0.1, 0.15) is 41.6 Å². The zero-order valence-corrected chi connectivity index (χ0v) is 18.0. The predicted octanol–water partition coefficient (Wildman–Crippen LogP) is 3.57. The molecule has 0 saturated carbocycles. The van der Waals surface area contributed by atoms with Crippen LogP contribution in [0.2, 0.25) is 0 Å². The second-order valence-corrected chi connectivity index (χ2v) is 9.47. The van der Waals surface area contributed by atoms with Crippen LogP contribution in [0.25, 0.3) is 0 Å². The Morgan fingerprint density at radius 1 is 1.10 bits per heavy atom. The number of rotatable bonds is 7. The number of aromatic nitrogens is 2. The molecule has 1 atom stereocenters. The quantitative estimate of drug-likeness (QED) is 0.558. The van der Waals surface area contributed by atoms with Crippen molar-refractivity contribution in [3.8, 4) is 0 Å². The van der Waals surface area contributed by atoms with E-state index < -0.39 is 16.1 Å². The van der Waals surface area contributed by atoms with Gasteiger partial charge in [0.25, 0.3) is 10.0 Å². The summed E-state index contributed by atoms with van der Waals surface area (Å²) < 4.78 is 28.6. The van der Waals surface area contributed by atoms with Crippen molar-refractivity contribution in [2.45, 2.75) is 37.6 Å². The lowest BCUT2D eigenvalue weighted by molar-refractivity contribution is -0.115. The van der Waals surface area contributed by atoms with E-state index in [1.807, 2.05) is 62.4 Å². The van der Waals surface area contributed by atoms with Gasteiger partial charge >= 0.3 is 0 Å². The molecular weight excluding hydrogens is 408 g/mol. The average molecular weight is 431 g/mol. The number of carbonyl (C=O) groups is 1. The molecule has 0 bridgehead atoms. The maximum atomic E-state index is 13.0. The molecule has 2 aromatic carbocycles. The standard InChI is InChI=1S/C20H22N4O3S2/c1-4-17(25)21-19-22-23-20(28-19)29(26,27)24-18(15-8-6-5-7-9-15)16-11-10-13(2)12-14(16)3/h5-12,18,24H,4H2,1-3H3,(H,21,22,25). The van der Waals surface area contributed by atoms with Gasteiger partial charge in [0.1, 0.15) is 0 Å². The number of nitrogens with one attached hydrogen (secondary N) is 2. The lowest BCUT2D eigenvalue weighted by Gasteiger charge is -2.21. The smallest absolute Gasteiger partial charge is 0.270 e. The highest BCUT2D eigenvalue weighted by Crippen LogP contribution is 2.29. The third kappa shape index (κ3) is 5.06. The Kier molecular flexibility index (Phi) is 6.41. The summed E-state index contributed by atoms with van der Waals surface area (Å²) >= 11 is 0.818. The van der Waals surface area contributed by atoms with Crippen molar-refractivity contribution >= 4 is 32.4 Å². The molecule has 0 aliphatic carbocycles. The summed E-state index contributed by atoms with van der Waals surface area (Å²) in [5, 5.41) is 10.2. The van der Waals surface area contributed by atoms with Gasteiger partial charge in [0, 0.05) is 6.42 Å². The molecule has 1 heterocycles. The van der Waals surface area contributed by atoms with Crippen molar-refractivity contribution in [3.63, 3.8) is 0 Å². The van der Waals surface area contributed by atoms with Crippen LogP contribution in [0, 0.1) is 13.8 Å². The van der Waals surface area contributed by atoms with Gasteiger partial charge < -0.3 is 5.32 Å². The summed E-state index contributed by atoms with van der Waals surface area (Å²) in [4.78, 5) is 11.5. The molecular formula is C20H22N4O3S2. The Bertz CT molecular complexity index is 1110. The zero-order valence-electron chi connectivity index (χ0n) is 16.3. The van der Waals surface area contributed by atoms with Gasteiger partial charge in [-0.3, -0.25) is 4.79 Å². The van der Waals surface area contributed by atoms with Gasteiger partial charge in [0.2, 0.25) is 15.4 Å². The normalized spacial score (nSPS) is 12.5. The fourth-order valence-corrected chi connectivity index (χ4v) is 5.02. The monoisotopic (exact) mass is 430 g/mol. The molecule has 0 spiro atoms. The van der Waals surface area contributed by atoms with Crippen LogP contribution in [0.3, 0.4) is 0 Å². The zero-order chi connectivity index (χ0) is 21.0. The second-order valence-electron chi connectivity index (χ2n) is 6.60. The van der Waals surface area contributed by atoms with Crippen LogP contribution in [0.15, 0.2) is 52.9 Å². The van der Waals surface area contributed by atoms with Crippen molar-refractivity contribution < 1.29 is 13.2 Å². The third-order valence-electron chi connectivity index (χ3n) is 4.35. The average Bonchev–Trinajstić information content (AvgIpc) is 3.16. The minimum absolute atomic E-state index is 0.153. The number of nitrogens with zero attached hydrogens (tertiary/aromatic N) is 2. The molecule has 0 aliphatic heterocycles. The van der Waals surface area contributed by atoms with E-state index in [0.29, 0.717) is 0 Å². The van der Waals surface area contributed by atoms with Crippen LogP contribution in [0.4, 0.5) is 5.13 Å². The highest BCUT2D eigenvalue weighted by Gasteiger charge is 2.27.